The molecule has 2 atom stereocenters. The molecule has 44 heavy (non-hydrogen) atoms. The second kappa shape index (κ2) is 12.2. The number of carbonyl (C=O) groups is 1. The lowest BCUT2D eigenvalue weighted by atomic mass is 9.76. The van der Waals surface area contributed by atoms with E-state index in [-0.39, 0.29) is 45.3 Å². The van der Waals surface area contributed by atoms with Crippen LogP contribution in [0.25, 0.3) is 11.1 Å². The van der Waals surface area contributed by atoms with Crippen LogP contribution in [0.4, 0.5) is 24.9 Å². The molecule has 2 aromatic carbocycles. The van der Waals surface area contributed by atoms with Gasteiger partial charge in [-0.1, -0.05) is 36.4 Å². The number of halogens is 3. The van der Waals surface area contributed by atoms with Crippen molar-refractivity contribution >= 4 is 27.6 Å². The minimum Gasteiger partial charge on any atom is -0.465 e. The summed E-state index contributed by atoms with van der Waals surface area (Å²) < 4.78 is 79.0. The Bertz CT molecular complexity index is 1610. The molecule has 0 radical (unpaired) electrons. The minimum atomic E-state index is -4.89. The van der Waals surface area contributed by atoms with Crippen molar-refractivity contribution in [1.82, 2.24) is 15.3 Å². The molecular formula is C30H34F3N5O5S. The van der Waals surface area contributed by atoms with Crippen LogP contribution in [0.5, 0.6) is 5.88 Å². The normalized spacial score (nSPS) is 19.1. The van der Waals surface area contributed by atoms with Crippen molar-refractivity contribution in [2.45, 2.75) is 49.4 Å². The fraction of sp³-hybridized carbons (Fsp3) is 0.433. The van der Waals surface area contributed by atoms with Crippen LogP contribution in [0.2, 0.25) is 0 Å². The molecule has 0 saturated carbocycles. The molecular weight excluding hydrogens is 599 g/mol. The number of nitrogens with zero attached hydrogens (tertiary/aromatic N) is 3. The first-order chi connectivity index (χ1) is 20.8. The van der Waals surface area contributed by atoms with Gasteiger partial charge in [0.1, 0.15) is 11.9 Å². The molecule has 2 aliphatic rings. The van der Waals surface area contributed by atoms with Gasteiger partial charge in [-0.2, -0.15) is 23.1 Å². The molecule has 1 aromatic heterocycles. The van der Waals surface area contributed by atoms with Crippen molar-refractivity contribution in [3.8, 4) is 17.0 Å². The molecule has 3 N–H and O–H groups in total. The number of nitrogens with two attached hydrogens (primary N) is 1. The van der Waals surface area contributed by atoms with Crippen molar-refractivity contribution in [3.63, 3.8) is 0 Å². The number of alkyl halides is 3. The van der Waals surface area contributed by atoms with Gasteiger partial charge in [0.2, 0.25) is 17.9 Å². The number of benzene rings is 2. The van der Waals surface area contributed by atoms with Crippen molar-refractivity contribution < 1.29 is 35.9 Å². The highest BCUT2D eigenvalue weighted by Crippen LogP contribution is 2.43. The highest BCUT2D eigenvalue weighted by Gasteiger charge is 2.46. The smallest absolute Gasteiger partial charge is 0.429 e. The number of hydrogen-bond donors (Lipinski definition) is 2. The molecule has 0 unspecified atom stereocenters. The fourth-order valence-electron chi connectivity index (χ4n) is 5.86. The highest BCUT2D eigenvalue weighted by molar-refractivity contribution is 7.90. The van der Waals surface area contributed by atoms with Gasteiger partial charge in [-0.05, 0) is 54.9 Å². The van der Waals surface area contributed by atoms with Crippen LogP contribution in [0.15, 0.2) is 59.5 Å². The summed E-state index contributed by atoms with van der Waals surface area (Å²) in [5.41, 5.74) is 6.01. The molecule has 0 aliphatic carbocycles. The van der Waals surface area contributed by atoms with Gasteiger partial charge in [-0.3, -0.25) is 4.79 Å². The Morgan fingerprint density at radius 3 is 2.48 bits per heavy atom. The average Bonchev–Trinajstić information content (AvgIpc) is 3.39. The van der Waals surface area contributed by atoms with E-state index in [0.29, 0.717) is 44.0 Å². The van der Waals surface area contributed by atoms with Crippen LogP contribution in [0.3, 0.4) is 0 Å². The number of aromatic nitrogens is 2. The Hall–Kier alpha value is -3.91. The van der Waals surface area contributed by atoms with E-state index in [9.17, 15) is 26.4 Å². The monoisotopic (exact) mass is 633 g/mol. The quantitative estimate of drug-likeness (QED) is 0.345. The lowest BCUT2D eigenvalue weighted by Crippen LogP contribution is -2.41. The lowest BCUT2D eigenvalue weighted by Gasteiger charge is -2.39. The summed E-state index contributed by atoms with van der Waals surface area (Å²) in [5, 5.41) is 3.26. The van der Waals surface area contributed by atoms with E-state index in [1.165, 1.54) is 12.1 Å². The van der Waals surface area contributed by atoms with Crippen molar-refractivity contribution in [1.29, 1.82) is 0 Å². The third kappa shape index (κ3) is 6.91. The lowest BCUT2D eigenvalue weighted by molar-refractivity contribution is -0.198. The molecule has 10 nitrogen and oxygen atoms in total. The third-order valence-electron chi connectivity index (χ3n) is 8.14. The maximum atomic E-state index is 14.6. The number of hydrogen-bond acceptors (Lipinski definition) is 10. The molecule has 236 valence electrons. The topological polar surface area (TPSA) is 137 Å². The molecule has 2 fully saturated rings. The molecule has 1 spiro atoms. The number of ether oxygens (including phenoxy) is 2. The minimum absolute atomic E-state index is 0.0609. The van der Waals surface area contributed by atoms with Crippen molar-refractivity contribution in [3.05, 3.63) is 60.2 Å². The second-order valence-corrected chi connectivity index (χ2v) is 13.2. The van der Waals surface area contributed by atoms with E-state index in [0.717, 1.165) is 31.2 Å². The Balaban J connectivity index is 1.41. The highest BCUT2D eigenvalue weighted by atomic mass is 32.2. The summed E-state index contributed by atoms with van der Waals surface area (Å²) in [7, 11) is -3.70. The Labute approximate surface area is 253 Å². The number of anilines is 2. The van der Waals surface area contributed by atoms with Gasteiger partial charge < -0.3 is 25.4 Å². The largest absolute Gasteiger partial charge is 0.465 e. The van der Waals surface area contributed by atoms with Crippen LogP contribution >= 0.6 is 0 Å². The zero-order valence-electron chi connectivity index (χ0n) is 24.3. The third-order valence-corrected chi connectivity index (χ3v) is 9.25. The number of nitrogens with one attached hydrogen (secondary N) is 1. The maximum absolute atomic E-state index is 14.6. The van der Waals surface area contributed by atoms with E-state index in [4.69, 9.17) is 15.2 Å². The van der Waals surface area contributed by atoms with E-state index >= 15 is 0 Å². The van der Waals surface area contributed by atoms with E-state index in [2.05, 4.69) is 15.3 Å². The Morgan fingerprint density at radius 1 is 1.14 bits per heavy atom. The summed E-state index contributed by atoms with van der Waals surface area (Å²) in [4.78, 5) is 22.2. The predicted octanol–water partition coefficient (Wildman–Crippen LogP) is 4.32. The van der Waals surface area contributed by atoms with Gasteiger partial charge in [0.05, 0.1) is 11.5 Å². The van der Waals surface area contributed by atoms with Gasteiger partial charge in [0.15, 0.2) is 9.84 Å². The van der Waals surface area contributed by atoms with E-state index in [1.54, 1.807) is 37.3 Å². The SMILES string of the molecule is CCOC(=O)[C@@H]1CC2(CCN(c3cc(O[C@H](c4ccc(S(C)(=O)=O)cc4-c4ccccc4)C(F)(F)F)nc(N)n3)CC2)CN1. The first-order valence-electron chi connectivity index (χ1n) is 14.2. The summed E-state index contributed by atoms with van der Waals surface area (Å²) in [5.74, 6) is -0.560. The van der Waals surface area contributed by atoms with Gasteiger partial charge in [0, 0.05) is 37.5 Å². The number of nitrogen functional groups attached to an aromatic ring is 1. The molecule has 3 heterocycles. The number of sulfone groups is 1. The fourth-order valence-corrected chi connectivity index (χ4v) is 6.51. The van der Waals surface area contributed by atoms with Gasteiger partial charge in [-0.15, -0.1) is 0 Å². The van der Waals surface area contributed by atoms with Gasteiger partial charge in [0.25, 0.3) is 0 Å². The predicted molar refractivity (Wildman–Crippen MR) is 158 cm³/mol. The number of carbonyl (C=O) groups excluding carboxylic acids is 1. The number of piperidine rings is 1. The zero-order chi connectivity index (χ0) is 31.7. The summed E-state index contributed by atoms with van der Waals surface area (Å²) in [6.07, 6.45) is -4.28. The zero-order valence-corrected chi connectivity index (χ0v) is 25.1. The van der Waals surface area contributed by atoms with Crippen molar-refractivity contribution in [2.75, 3.05) is 43.1 Å². The van der Waals surface area contributed by atoms with E-state index < -0.39 is 22.1 Å². The Morgan fingerprint density at radius 2 is 1.84 bits per heavy atom. The van der Waals surface area contributed by atoms with Crippen LogP contribution in [-0.2, 0) is 19.4 Å². The summed E-state index contributed by atoms with van der Waals surface area (Å²) in [6, 6.07) is 12.6. The average molecular weight is 634 g/mol. The maximum Gasteiger partial charge on any atom is 0.429 e. The molecule has 2 aliphatic heterocycles. The molecule has 2 saturated heterocycles. The first kappa shape index (κ1) is 31.5. The number of esters is 1. The number of rotatable bonds is 8. The van der Waals surface area contributed by atoms with Crippen LogP contribution in [0, 0.1) is 5.41 Å². The van der Waals surface area contributed by atoms with E-state index in [1.807, 2.05) is 4.90 Å². The van der Waals surface area contributed by atoms with Crippen LogP contribution < -0.4 is 20.7 Å². The van der Waals surface area contributed by atoms with Crippen LogP contribution in [-0.4, -0.2) is 69.1 Å². The summed E-state index contributed by atoms with van der Waals surface area (Å²) >= 11 is 0. The molecule has 14 heteroatoms. The molecule has 0 bridgehead atoms. The molecule has 3 aromatic rings. The first-order valence-corrected chi connectivity index (χ1v) is 16.1. The summed E-state index contributed by atoms with van der Waals surface area (Å²) in [6.45, 7) is 3.83. The standard InChI is InChI=1S/C30H34F3N5O5S/c1-3-42-27(39)23-17-29(18-35-23)11-13-38(14-12-29)24-16-25(37-28(34)36-24)43-26(30(31,32)33)21-10-9-20(44(2,40)41)15-22(21)19-7-5-4-6-8-19/h4-10,15-16,23,26,35H,3,11-14,17-18H2,1-2H3,(H2,34,36,37)/t23-,26+/m0/s1. The second-order valence-electron chi connectivity index (χ2n) is 11.2. The van der Waals surface area contributed by atoms with Gasteiger partial charge in [-0.25, -0.2) is 8.42 Å². The molecule has 0 amide bonds. The van der Waals surface area contributed by atoms with Crippen LogP contribution in [0.1, 0.15) is 37.9 Å². The van der Waals surface area contributed by atoms with Crippen molar-refractivity contribution in [2.24, 2.45) is 5.41 Å². The van der Waals surface area contributed by atoms with Gasteiger partial charge >= 0.3 is 12.1 Å². The molecule has 5 rings (SSSR count). The Kier molecular flexibility index (Phi) is 8.76.